The summed E-state index contributed by atoms with van der Waals surface area (Å²) < 4.78 is 23.7. The van der Waals surface area contributed by atoms with Gasteiger partial charge >= 0.3 is 0 Å². The fraction of sp³-hybridized carbons (Fsp3) is 0.417. The number of amides is 1. The minimum atomic E-state index is -3.18. The first-order valence-corrected chi connectivity index (χ1v) is 7.21. The van der Waals surface area contributed by atoms with Crippen LogP contribution in [0.25, 0.3) is 0 Å². The molecular formula is C12H17NO3S. The lowest BCUT2D eigenvalue weighted by Crippen LogP contribution is -2.08. The van der Waals surface area contributed by atoms with Gasteiger partial charge in [-0.2, -0.15) is 0 Å². The van der Waals surface area contributed by atoms with E-state index >= 15 is 0 Å². The summed E-state index contributed by atoms with van der Waals surface area (Å²) in [7, 11) is -3.18. The van der Waals surface area contributed by atoms with Crippen LogP contribution in [0.15, 0.2) is 29.2 Å². The lowest BCUT2D eigenvalue weighted by atomic mass is 10.3. The van der Waals surface area contributed by atoms with Gasteiger partial charge in [0.1, 0.15) is 0 Å². The van der Waals surface area contributed by atoms with Gasteiger partial charge in [0.25, 0.3) is 0 Å². The van der Waals surface area contributed by atoms with E-state index in [4.69, 9.17) is 0 Å². The van der Waals surface area contributed by atoms with Crippen LogP contribution in [0.2, 0.25) is 0 Å². The number of rotatable bonds is 5. The van der Waals surface area contributed by atoms with Crippen molar-refractivity contribution in [2.24, 2.45) is 0 Å². The molecule has 1 aromatic rings. The Bertz CT molecular complexity index is 477. The fourth-order valence-corrected chi connectivity index (χ4v) is 2.86. The zero-order valence-corrected chi connectivity index (χ0v) is 10.9. The summed E-state index contributed by atoms with van der Waals surface area (Å²) in [4.78, 5) is 11.1. The molecule has 0 heterocycles. The number of unbranched alkanes of at least 4 members (excludes halogenated alkanes) is 1. The van der Waals surface area contributed by atoms with Crippen molar-refractivity contribution in [1.29, 1.82) is 0 Å². The van der Waals surface area contributed by atoms with Gasteiger partial charge in [0.05, 0.1) is 10.6 Å². The molecule has 4 nitrogen and oxygen atoms in total. The molecule has 0 unspecified atom stereocenters. The van der Waals surface area contributed by atoms with Crippen LogP contribution >= 0.6 is 0 Å². The molecule has 0 atom stereocenters. The van der Waals surface area contributed by atoms with E-state index in [-0.39, 0.29) is 11.7 Å². The van der Waals surface area contributed by atoms with Gasteiger partial charge in [-0.1, -0.05) is 13.3 Å². The first-order chi connectivity index (χ1) is 7.95. The predicted octanol–water partition coefficient (Wildman–Crippen LogP) is 2.22. The smallest absolute Gasteiger partial charge is 0.221 e. The van der Waals surface area contributed by atoms with Gasteiger partial charge in [0.15, 0.2) is 9.84 Å². The average molecular weight is 255 g/mol. The van der Waals surface area contributed by atoms with Crippen LogP contribution in [0, 0.1) is 0 Å². The molecule has 17 heavy (non-hydrogen) atoms. The third kappa shape index (κ3) is 4.19. The van der Waals surface area contributed by atoms with Crippen LogP contribution < -0.4 is 5.32 Å². The van der Waals surface area contributed by atoms with Crippen molar-refractivity contribution in [1.82, 2.24) is 0 Å². The van der Waals surface area contributed by atoms with Crippen molar-refractivity contribution in [2.45, 2.75) is 31.6 Å². The largest absolute Gasteiger partial charge is 0.326 e. The minimum absolute atomic E-state index is 0.170. The van der Waals surface area contributed by atoms with E-state index in [0.29, 0.717) is 17.0 Å². The standard InChI is InChI=1S/C12H17NO3S/c1-3-4-9-17(15,16)12-7-5-11(6-8-12)13-10(2)14/h5-8H,3-4,9H2,1-2H3,(H,13,14). The van der Waals surface area contributed by atoms with Gasteiger partial charge in [-0.05, 0) is 30.7 Å². The van der Waals surface area contributed by atoms with Gasteiger partial charge in [-0.15, -0.1) is 0 Å². The first-order valence-electron chi connectivity index (χ1n) is 5.56. The lowest BCUT2D eigenvalue weighted by molar-refractivity contribution is -0.114. The van der Waals surface area contributed by atoms with Crippen LogP contribution in [0.5, 0.6) is 0 Å². The Balaban J connectivity index is 2.83. The van der Waals surface area contributed by atoms with Crippen LogP contribution in [-0.4, -0.2) is 20.1 Å². The Labute approximate surface area is 102 Å². The number of hydrogen-bond donors (Lipinski definition) is 1. The van der Waals surface area contributed by atoms with E-state index < -0.39 is 9.84 Å². The molecule has 0 aromatic heterocycles. The highest BCUT2D eigenvalue weighted by Gasteiger charge is 2.13. The second-order valence-corrected chi connectivity index (χ2v) is 5.99. The van der Waals surface area contributed by atoms with E-state index in [9.17, 15) is 13.2 Å². The summed E-state index contributed by atoms with van der Waals surface area (Å²) in [5, 5.41) is 2.59. The van der Waals surface area contributed by atoms with Crippen LogP contribution in [0.4, 0.5) is 5.69 Å². The molecule has 0 saturated carbocycles. The van der Waals surface area contributed by atoms with Crippen LogP contribution in [-0.2, 0) is 14.6 Å². The van der Waals surface area contributed by atoms with E-state index in [1.807, 2.05) is 6.92 Å². The number of hydrogen-bond acceptors (Lipinski definition) is 3. The summed E-state index contributed by atoms with van der Waals surface area (Å²) in [6.45, 7) is 3.36. The van der Waals surface area contributed by atoms with Gasteiger partial charge < -0.3 is 5.32 Å². The maximum atomic E-state index is 11.8. The topological polar surface area (TPSA) is 63.2 Å². The van der Waals surface area contributed by atoms with E-state index in [0.717, 1.165) is 6.42 Å². The molecule has 0 aliphatic heterocycles. The normalized spacial score (nSPS) is 11.2. The molecule has 1 aromatic carbocycles. The number of benzene rings is 1. The third-order valence-corrected chi connectivity index (χ3v) is 4.12. The van der Waals surface area contributed by atoms with Crippen molar-refractivity contribution >= 4 is 21.4 Å². The number of carbonyl (C=O) groups is 1. The molecule has 0 bridgehead atoms. The molecule has 94 valence electrons. The molecule has 0 saturated heterocycles. The molecule has 0 radical (unpaired) electrons. The summed E-state index contributed by atoms with van der Waals surface area (Å²) in [6.07, 6.45) is 1.51. The summed E-state index contributed by atoms with van der Waals surface area (Å²) in [6, 6.07) is 6.24. The maximum absolute atomic E-state index is 11.8. The first kappa shape index (κ1) is 13.7. The van der Waals surface area contributed by atoms with Gasteiger partial charge in [-0.25, -0.2) is 8.42 Å². The average Bonchev–Trinajstić information content (AvgIpc) is 2.26. The molecule has 0 fully saturated rings. The molecule has 1 rings (SSSR count). The molecular weight excluding hydrogens is 238 g/mol. The van der Waals surface area contributed by atoms with Crippen molar-refractivity contribution < 1.29 is 13.2 Å². The number of carbonyl (C=O) groups excluding carboxylic acids is 1. The second-order valence-electron chi connectivity index (χ2n) is 3.88. The Morgan fingerprint density at radius 2 is 1.82 bits per heavy atom. The predicted molar refractivity (Wildman–Crippen MR) is 67.7 cm³/mol. The zero-order chi connectivity index (χ0) is 12.9. The van der Waals surface area contributed by atoms with Crippen molar-refractivity contribution in [3.8, 4) is 0 Å². The maximum Gasteiger partial charge on any atom is 0.221 e. The molecule has 5 heteroatoms. The number of anilines is 1. The molecule has 1 amide bonds. The van der Waals surface area contributed by atoms with Crippen LogP contribution in [0.3, 0.4) is 0 Å². The number of sulfone groups is 1. The highest BCUT2D eigenvalue weighted by molar-refractivity contribution is 7.91. The van der Waals surface area contributed by atoms with Gasteiger partial charge in [-0.3, -0.25) is 4.79 Å². The monoisotopic (exact) mass is 255 g/mol. The van der Waals surface area contributed by atoms with Crippen LogP contribution in [0.1, 0.15) is 26.7 Å². The Morgan fingerprint density at radius 3 is 2.29 bits per heavy atom. The molecule has 0 spiro atoms. The van der Waals surface area contributed by atoms with Crippen molar-refractivity contribution in [3.63, 3.8) is 0 Å². The third-order valence-electron chi connectivity index (χ3n) is 2.30. The Morgan fingerprint density at radius 1 is 1.24 bits per heavy atom. The Kier molecular flexibility index (Phi) is 4.69. The highest BCUT2D eigenvalue weighted by Crippen LogP contribution is 2.16. The molecule has 0 aliphatic carbocycles. The van der Waals surface area contributed by atoms with Gasteiger partial charge in [0.2, 0.25) is 5.91 Å². The summed E-state index contributed by atoms with van der Waals surface area (Å²) in [5.41, 5.74) is 0.604. The van der Waals surface area contributed by atoms with E-state index in [1.54, 1.807) is 12.1 Å². The molecule has 0 aliphatic rings. The van der Waals surface area contributed by atoms with E-state index in [2.05, 4.69) is 5.32 Å². The second kappa shape index (κ2) is 5.82. The summed E-state index contributed by atoms with van der Waals surface area (Å²) >= 11 is 0. The Hall–Kier alpha value is -1.36. The summed E-state index contributed by atoms with van der Waals surface area (Å²) in [5.74, 6) is -0.00483. The van der Waals surface area contributed by atoms with Gasteiger partial charge in [0, 0.05) is 12.6 Å². The SMILES string of the molecule is CCCCS(=O)(=O)c1ccc(NC(C)=O)cc1. The lowest BCUT2D eigenvalue weighted by Gasteiger charge is -2.05. The minimum Gasteiger partial charge on any atom is -0.326 e. The number of nitrogens with one attached hydrogen (secondary N) is 1. The molecule has 1 N–H and O–H groups in total. The van der Waals surface area contributed by atoms with Crippen molar-refractivity contribution in [3.05, 3.63) is 24.3 Å². The van der Waals surface area contributed by atoms with E-state index in [1.165, 1.54) is 19.1 Å². The highest BCUT2D eigenvalue weighted by atomic mass is 32.2. The van der Waals surface area contributed by atoms with Crippen molar-refractivity contribution in [2.75, 3.05) is 11.1 Å². The fourth-order valence-electron chi connectivity index (χ4n) is 1.40. The zero-order valence-electron chi connectivity index (χ0n) is 10.1. The quantitative estimate of drug-likeness (QED) is 0.877.